The average molecular weight is 1220 g/mol. The Balaban J connectivity index is 1.38. The fourth-order valence-corrected chi connectivity index (χ4v) is 11.4. The second-order valence-electron chi connectivity index (χ2n) is 24.3. The van der Waals surface area contributed by atoms with Gasteiger partial charge in [-0.3, -0.25) is 4.79 Å². The van der Waals surface area contributed by atoms with Gasteiger partial charge < -0.3 is 89.9 Å². The molecule has 3 rings (SSSR count). The topological polar surface area (TPSA) is 307 Å². The molecule has 0 saturated carbocycles. The molecule has 1 amide bonds. The van der Waals surface area contributed by atoms with Crippen LogP contribution >= 0.6 is 0 Å². The van der Waals surface area contributed by atoms with Gasteiger partial charge >= 0.3 is 0 Å². The van der Waals surface area contributed by atoms with E-state index in [1.807, 2.05) is 6.08 Å². The Morgan fingerprint density at radius 1 is 0.412 bits per heavy atom. The Hall–Kier alpha value is -1.99. The molecule has 0 spiro atoms. The van der Waals surface area contributed by atoms with E-state index in [9.17, 15) is 61.0 Å². The van der Waals surface area contributed by atoms with Crippen LogP contribution in [-0.2, 0) is 33.2 Å². The molecule has 3 heterocycles. The lowest BCUT2D eigenvalue weighted by Crippen LogP contribution is -2.66. The third kappa shape index (κ3) is 31.5. The largest absolute Gasteiger partial charge is 0.394 e. The maximum Gasteiger partial charge on any atom is 0.220 e. The van der Waals surface area contributed by atoms with Crippen molar-refractivity contribution >= 4 is 5.91 Å². The zero-order valence-electron chi connectivity index (χ0n) is 52.3. The van der Waals surface area contributed by atoms with Crippen LogP contribution in [0.4, 0.5) is 0 Å². The van der Waals surface area contributed by atoms with Crippen molar-refractivity contribution in [3.05, 3.63) is 36.5 Å². The molecular weight excluding hydrogens is 1090 g/mol. The van der Waals surface area contributed by atoms with Crippen molar-refractivity contribution in [3.8, 4) is 0 Å². The zero-order valence-corrected chi connectivity index (χ0v) is 52.3. The number of carbonyl (C=O) groups is 1. The van der Waals surface area contributed by atoms with Crippen LogP contribution in [0.1, 0.15) is 245 Å². The van der Waals surface area contributed by atoms with Crippen LogP contribution < -0.4 is 5.32 Å². The predicted molar refractivity (Wildman–Crippen MR) is 328 cm³/mol. The average Bonchev–Trinajstić information content (AvgIpc) is 3.70. The number of hydrogen-bond acceptors (Lipinski definition) is 18. The van der Waals surface area contributed by atoms with E-state index in [0.717, 1.165) is 38.5 Å². The molecule has 0 aromatic carbocycles. The number of nitrogens with one attached hydrogen (secondary N) is 1. The van der Waals surface area contributed by atoms with Gasteiger partial charge in [-0.15, -0.1) is 0 Å². The highest BCUT2D eigenvalue weighted by Gasteiger charge is 2.53. The van der Waals surface area contributed by atoms with E-state index in [1.54, 1.807) is 6.08 Å². The summed E-state index contributed by atoms with van der Waals surface area (Å²) in [6.07, 6.45) is 28.7. The van der Waals surface area contributed by atoms with Crippen molar-refractivity contribution in [2.75, 3.05) is 26.4 Å². The van der Waals surface area contributed by atoms with Gasteiger partial charge in [0.1, 0.15) is 73.2 Å². The molecule has 0 radical (unpaired) electrons. The Morgan fingerprint density at radius 3 is 1.18 bits per heavy atom. The molecule has 3 fully saturated rings. The predicted octanol–water partition coefficient (Wildman–Crippen LogP) is 8.05. The van der Waals surface area contributed by atoms with Gasteiger partial charge in [0.15, 0.2) is 18.9 Å². The summed E-state index contributed by atoms with van der Waals surface area (Å²) >= 11 is 0. The molecule has 3 saturated heterocycles. The lowest BCUT2D eigenvalue weighted by molar-refractivity contribution is -0.379. The lowest BCUT2D eigenvalue weighted by Gasteiger charge is -2.48. The van der Waals surface area contributed by atoms with Crippen LogP contribution in [0.5, 0.6) is 0 Å². The Labute approximate surface area is 511 Å². The van der Waals surface area contributed by atoms with E-state index in [1.165, 1.54) is 173 Å². The number of hydrogen-bond donors (Lipinski definition) is 12. The summed E-state index contributed by atoms with van der Waals surface area (Å²) in [5.41, 5.74) is 0. The molecule has 12 N–H and O–H groups in total. The quantitative estimate of drug-likeness (QED) is 0.0202. The van der Waals surface area contributed by atoms with Crippen LogP contribution in [0.2, 0.25) is 0 Å². The summed E-state index contributed by atoms with van der Waals surface area (Å²) in [5.74, 6) is -0.285. The maximum absolute atomic E-state index is 13.3. The fourth-order valence-electron chi connectivity index (χ4n) is 11.4. The van der Waals surface area contributed by atoms with Gasteiger partial charge in [0.25, 0.3) is 0 Å². The molecule has 19 heteroatoms. The number of allylic oxidation sites excluding steroid dienone is 5. The Bertz CT molecular complexity index is 1690. The minimum atomic E-state index is -1.98. The second-order valence-corrected chi connectivity index (χ2v) is 24.3. The molecule has 85 heavy (non-hydrogen) atoms. The molecule has 0 aromatic rings. The molecule has 3 aliphatic rings. The third-order valence-electron chi connectivity index (χ3n) is 16.9. The number of rotatable bonds is 51. The monoisotopic (exact) mass is 1220 g/mol. The number of ether oxygens (including phenoxy) is 6. The minimum Gasteiger partial charge on any atom is -0.394 e. The molecule has 3 aliphatic heterocycles. The van der Waals surface area contributed by atoms with Gasteiger partial charge in [-0.05, 0) is 57.8 Å². The standard InChI is InChI=1S/C66H121NO18/c1-3-5-7-9-11-13-15-16-17-18-19-20-21-22-23-24-25-26-27-28-29-30-31-32-34-36-38-40-42-44-54(72)67-49(50(71)43-41-39-37-35-33-14-12-10-8-6-4-2)48-80-64-60(78)57(75)62(52(46-69)82-64)85-66-61(79)58(76)63(53(47-70)83-66)84-65-59(77)56(74)55(73)51(45-68)81-65/h18-19,33,35,41,43,49-53,55-66,68-71,73-79H,3-17,20-32,34,36-40,42,44-48H2,1-2H3,(H,67,72)/b19-18-,35-33+,43-41+. The van der Waals surface area contributed by atoms with E-state index in [2.05, 4.69) is 43.5 Å². The first-order valence-corrected chi connectivity index (χ1v) is 33.7. The molecule has 0 aromatic heterocycles. The molecule has 498 valence electrons. The molecule has 0 bridgehead atoms. The SMILES string of the molecule is CCCCCCC/C=C/CC/C=C/C(O)C(COC1OC(CO)C(OC2OC(CO)C(OC3OC(CO)C(O)C(O)C3O)C(O)C2O)C(O)C1O)NC(=O)CCCCCCCCCCCCCCCCCCC/C=C\CCCCCCCCCC. The first-order chi connectivity index (χ1) is 41.3. The number of aliphatic hydroxyl groups is 11. The highest BCUT2D eigenvalue weighted by Crippen LogP contribution is 2.33. The molecule has 17 atom stereocenters. The Kier molecular flexibility index (Phi) is 44.4. The van der Waals surface area contributed by atoms with Gasteiger partial charge in [0, 0.05) is 6.42 Å². The van der Waals surface area contributed by atoms with Crippen molar-refractivity contribution in [2.45, 2.75) is 349 Å². The number of aliphatic hydroxyl groups excluding tert-OH is 11. The van der Waals surface area contributed by atoms with Gasteiger partial charge in [-0.2, -0.15) is 0 Å². The normalized spacial score (nSPS) is 29.2. The van der Waals surface area contributed by atoms with Crippen molar-refractivity contribution < 1.29 is 89.4 Å². The van der Waals surface area contributed by atoms with Crippen LogP contribution in [0.15, 0.2) is 36.5 Å². The summed E-state index contributed by atoms with van der Waals surface area (Å²) < 4.78 is 34.2. The summed E-state index contributed by atoms with van der Waals surface area (Å²) in [5, 5.41) is 120. The molecular formula is C66H121NO18. The van der Waals surface area contributed by atoms with Crippen molar-refractivity contribution in [3.63, 3.8) is 0 Å². The van der Waals surface area contributed by atoms with Crippen molar-refractivity contribution in [1.82, 2.24) is 5.32 Å². The minimum absolute atomic E-state index is 0.238. The molecule has 17 unspecified atom stereocenters. The van der Waals surface area contributed by atoms with Crippen molar-refractivity contribution in [1.29, 1.82) is 0 Å². The third-order valence-corrected chi connectivity index (χ3v) is 16.9. The highest BCUT2D eigenvalue weighted by molar-refractivity contribution is 5.76. The first-order valence-electron chi connectivity index (χ1n) is 33.7. The van der Waals surface area contributed by atoms with Crippen LogP contribution in [0.25, 0.3) is 0 Å². The van der Waals surface area contributed by atoms with Gasteiger partial charge in [-0.1, -0.05) is 217 Å². The molecule has 19 nitrogen and oxygen atoms in total. The summed E-state index contributed by atoms with van der Waals surface area (Å²) in [7, 11) is 0. The summed E-state index contributed by atoms with van der Waals surface area (Å²) in [6.45, 7) is 1.68. The van der Waals surface area contributed by atoms with Crippen LogP contribution in [-0.4, -0.2) is 193 Å². The maximum atomic E-state index is 13.3. The van der Waals surface area contributed by atoms with E-state index in [-0.39, 0.29) is 18.9 Å². The highest BCUT2D eigenvalue weighted by atomic mass is 16.8. The van der Waals surface area contributed by atoms with Gasteiger partial charge in [0.05, 0.1) is 38.6 Å². The fraction of sp³-hybridized carbons (Fsp3) is 0.894. The number of carbonyl (C=O) groups excluding carboxylic acids is 1. The smallest absolute Gasteiger partial charge is 0.220 e. The first kappa shape index (κ1) is 77.3. The van der Waals surface area contributed by atoms with Crippen LogP contribution in [0, 0.1) is 0 Å². The lowest BCUT2D eigenvalue weighted by atomic mass is 9.96. The molecule has 0 aliphatic carbocycles. The number of unbranched alkanes of at least 4 members (excludes halogenated alkanes) is 31. The van der Waals surface area contributed by atoms with E-state index < -0.39 is 124 Å². The second kappa shape index (κ2) is 48.8. The number of amides is 1. The van der Waals surface area contributed by atoms with Gasteiger partial charge in [-0.25, -0.2) is 0 Å². The van der Waals surface area contributed by atoms with Crippen molar-refractivity contribution in [2.24, 2.45) is 0 Å². The van der Waals surface area contributed by atoms with E-state index >= 15 is 0 Å². The van der Waals surface area contributed by atoms with E-state index in [0.29, 0.717) is 12.8 Å². The zero-order chi connectivity index (χ0) is 61.9. The summed E-state index contributed by atoms with van der Waals surface area (Å²) in [4.78, 5) is 13.3. The van der Waals surface area contributed by atoms with Gasteiger partial charge in [0.2, 0.25) is 5.91 Å². The van der Waals surface area contributed by atoms with Crippen LogP contribution in [0.3, 0.4) is 0 Å². The van der Waals surface area contributed by atoms with E-state index in [4.69, 9.17) is 28.4 Å². The summed E-state index contributed by atoms with van der Waals surface area (Å²) in [6, 6.07) is -0.987. The Morgan fingerprint density at radius 2 is 0.753 bits per heavy atom.